The zero-order chi connectivity index (χ0) is 14.1. The molecule has 0 unspecified atom stereocenters. The SMILES string of the molecule is CNc1nc(Cc2cccc(Br)c2)nc2sc(C)cc12. The topological polar surface area (TPSA) is 37.8 Å². The number of aryl methyl sites for hydroxylation is 1. The van der Waals surface area contributed by atoms with Crippen molar-refractivity contribution < 1.29 is 0 Å². The second kappa shape index (κ2) is 5.50. The lowest BCUT2D eigenvalue weighted by atomic mass is 10.1. The molecule has 2 aromatic heterocycles. The van der Waals surface area contributed by atoms with Gasteiger partial charge in [0.05, 0.1) is 5.39 Å². The Morgan fingerprint density at radius 3 is 2.85 bits per heavy atom. The van der Waals surface area contributed by atoms with Crippen LogP contribution in [0.5, 0.6) is 0 Å². The van der Waals surface area contributed by atoms with Gasteiger partial charge in [0, 0.05) is 22.8 Å². The average molecular weight is 348 g/mol. The van der Waals surface area contributed by atoms with Gasteiger partial charge in [-0.05, 0) is 30.7 Å². The first-order chi connectivity index (χ1) is 9.65. The molecule has 2 heterocycles. The number of nitrogens with zero attached hydrogens (tertiary/aromatic N) is 2. The fourth-order valence-corrected chi connectivity index (χ4v) is 3.53. The Morgan fingerprint density at radius 1 is 1.25 bits per heavy atom. The third-order valence-corrected chi connectivity index (χ3v) is 4.49. The van der Waals surface area contributed by atoms with E-state index in [0.29, 0.717) is 0 Å². The molecule has 0 fully saturated rings. The maximum atomic E-state index is 4.68. The van der Waals surface area contributed by atoms with Gasteiger partial charge in [-0.25, -0.2) is 9.97 Å². The summed E-state index contributed by atoms with van der Waals surface area (Å²) in [6, 6.07) is 10.4. The van der Waals surface area contributed by atoms with Gasteiger partial charge in [0.1, 0.15) is 16.5 Å². The van der Waals surface area contributed by atoms with Crippen LogP contribution in [-0.2, 0) is 6.42 Å². The number of halogens is 1. The van der Waals surface area contributed by atoms with Gasteiger partial charge in [0.25, 0.3) is 0 Å². The average Bonchev–Trinajstić information content (AvgIpc) is 2.78. The minimum atomic E-state index is 0.737. The van der Waals surface area contributed by atoms with E-state index in [1.54, 1.807) is 11.3 Å². The highest BCUT2D eigenvalue weighted by Gasteiger charge is 2.10. The fraction of sp³-hybridized carbons (Fsp3) is 0.200. The summed E-state index contributed by atoms with van der Waals surface area (Å²) in [5.74, 6) is 1.76. The summed E-state index contributed by atoms with van der Waals surface area (Å²) in [4.78, 5) is 11.6. The maximum absolute atomic E-state index is 4.68. The van der Waals surface area contributed by atoms with Gasteiger partial charge >= 0.3 is 0 Å². The van der Waals surface area contributed by atoms with Gasteiger partial charge in [0.2, 0.25) is 0 Å². The molecule has 1 N–H and O–H groups in total. The maximum Gasteiger partial charge on any atom is 0.138 e. The highest BCUT2D eigenvalue weighted by Crippen LogP contribution is 2.28. The van der Waals surface area contributed by atoms with E-state index in [1.807, 2.05) is 19.2 Å². The molecule has 20 heavy (non-hydrogen) atoms. The monoisotopic (exact) mass is 347 g/mol. The number of hydrogen-bond acceptors (Lipinski definition) is 4. The molecule has 3 rings (SSSR count). The summed E-state index contributed by atoms with van der Waals surface area (Å²) >= 11 is 5.20. The predicted octanol–water partition coefficient (Wildman–Crippen LogP) is 4.39. The number of aromatic nitrogens is 2. The number of hydrogen-bond donors (Lipinski definition) is 1. The molecule has 0 spiro atoms. The summed E-state index contributed by atoms with van der Waals surface area (Å²) in [6.07, 6.45) is 0.737. The summed E-state index contributed by atoms with van der Waals surface area (Å²) in [6.45, 7) is 2.10. The van der Waals surface area contributed by atoms with Crippen LogP contribution in [0.25, 0.3) is 10.2 Å². The van der Waals surface area contributed by atoms with Crippen LogP contribution >= 0.6 is 27.3 Å². The molecule has 0 saturated carbocycles. The highest BCUT2D eigenvalue weighted by molar-refractivity contribution is 9.10. The molecule has 3 nitrogen and oxygen atoms in total. The van der Waals surface area contributed by atoms with Crippen LogP contribution in [0.2, 0.25) is 0 Å². The van der Waals surface area contributed by atoms with Crippen molar-refractivity contribution in [2.45, 2.75) is 13.3 Å². The first-order valence-electron chi connectivity index (χ1n) is 6.35. The largest absolute Gasteiger partial charge is 0.372 e. The van der Waals surface area contributed by atoms with E-state index in [2.05, 4.69) is 56.3 Å². The van der Waals surface area contributed by atoms with E-state index in [-0.39, 0.29) is 0 Å². The van der Waals surface area contributed by atoms with Crippen molar-refractivity contribution in [3.05, 3.63) is 51.1 Å². The van der Waals surface area contributed by atoms with E-state index in [1.165, 1.54) is 10.4 Å². The number of thiophene rings is 1. The van der Waals surface area contributed by atoms with Crippen LogP contribution in [0.15, 0.2) is 34.8 Å². The molecule has 0 aliphatic rings. The van der Waals surface area contributed by atoms with E-state index in [4.69, 9.17) is 0 Å². The van der Waals surface area contributed by atoms with Crippen LogP contribution in [-0.4, -0.2) is 17.0 Å². The molecule has 0 atom stereocenters. The Hall–Kier alpha value is -1.46. The molecule has 1 aromatic carbocycles. The molecule has 102 valence electrons. The van der Waals surface area contributed by atoms with Crippen LogP contribution in [0.4, 0.5) is 5.82 Å². The Bertz CT molecular complexity index is 767. The molecule has 0 saturated heterocycles. The van der Waals surface area contributed by atoms with E-state index in [9.17, 15) is 0 Å². The zero-order valence-corrected chi connectivity index (χ0v) is 13.7. The molecule has 0 amide bonds. The molecule has 0 aliphatic carbocycles. The molecule has 0 radical (unpaired) electrons. The van der Waals surface area contributed by atoms with E-state index in [0.717, 1.165) is 32.8 Å². The fourth-order valence-electron chi connectivity index (χ4n) is 2.19. The molecule has 3 aromatic rings. The third kappa shape index (κ3) is 2.69. The highest BCUT2D eigenvalue weighted by atomic mass is 79.9. The number of benzene rings is 1. The second-order valence-electron chi connectivity index (χ2n) is 4.62. The Morgan fingerprint density at radius 2 is 2.10 bits per heavy atom. The van der Waals surface area contributed by atoms with Crippen molar-refractivity contribution >= 4 is 43.3 Å². The number of nitrogens with one attached hydrogen (secondary N) is 1. The normalized spacial score (nSPS) is 10.9. The Labute approximate surface area is 130 Å². The lowest BCUT2D eigenvalue weighted by Crippen LogP contribution is -2.01. The molecule has 5 heteroatoms. The van der Waals surface area contributed by atoms with E-state index >= 15 is 0 Å². The molecule has 0 aliphatic heterocycles. The van der Waals surface area contributed by atoms with Crippen molar-refractivity contribution in [2.24, 2.45) is 0 Å². The van der Waals surface area contributed by atoms with Crippen molar-refractivity contribution in [1.82, 2.24) is 9.97 Å². The van der Waals surface area contributed by atoms with Crippen LogP contribution in [0.3, 0.4) is 0 Å². The van der Waals surface area contributed by atoms with Crippen LogP contribution in [0, 0.1) is 6.92 Å². The number of anilines is 1. The Balaban J connectivity index is 2.03. The number of rotatable bonds is 3. The minimum Gasteiger partial charge on any atom is -0.372 e. The van der Waals surface area contributed by atoms with Gasteiger partial charge in [-0.3, -0.25) is 0 Å². The summed E-state index contributed by atoms with van der Waals surface area (Å²) < 4.78 is 1.08. The first kappa shape index (κ1) is 13.5. The smallest absolute Gasteiger partial charge is 0.138 e. The van der Waals surface area contributed by atoms with Gasteiger partial charge < -0.3 is 5.32 Å². The lowest BCUT2D eigenvalue weighted by molar-refractivity contribution is 0.997. The summed E-state index contributed by atoms with van der Waals surface area (Å²) in [5.41, 5.74) is 1.20. The van der Waals surface area contributed by atoms with Crippen molar-refractivity contribution in [3.8, 4) is 0 Å². The zero-order valence-electron chi connectivity index (χ0n) is 11.3. The standard InChI is InChI=1S/C15H14BrN3S/c1-9-6-12-14(17-2)18-13(19-15(12)20-9)8-10-4-3-5-11(16)7-10/h3-7H,8H2,1-2H3,(H,17,18,19). The minimum absolute atomic E-state index is 0.737. The second-order valence-corrected chi connectivity index (χ2v) is 6.77. The summed E-state index contributed by atoms with van der Waals surface area (Å²) in [7, 11) is 1.90. The Kier molecular flexibility index (Phi) is 3.72. The number of fused-ring (bicyclic) bond motifs is 1. The van der Waals surface area contributed by atoms with Crippen LogP contribution < -0.4 is 5.32 Å². The van der Waals surface area contributed by atoms with Crippen molar-refractivity contribution in [2.75, 3.05) is 12.4 Å². The van der Waals surface area contributed by atoms with Gasteiger partial charge in [-0.15, -0.1) is 11.3 Å². The van der Waals surface area contributed by atoms with E-state index < -0.39 is 0 Å². The summed E-state index contributed by atoms with van der Waals surface area (Å²) in [5, 5.41) is 4.27. The van der Waals surface area contributed by atoms with Gasteiger partial charge in [0.15, 0.2) is 0 Å². The van der Waals surface area contributed by atoms with Crippen LogP contribution in [0.1, 0.15) is 16.3 Å². The van der Waals surface area contributed by atoms with Crippen molar-refractivity contribution in [3.63, 3.8) is 0 Å². The molecular formula is C15H14BrN3S. The first-order valence-corrected chi connectivity index (χ1v) is 7.96. The molecular weight excluding hydrogens is 334 g/mol. The third-order valence-electron chi connectivity index (χ3n) is 3.05. The quantitative estimate of drug-likeness (QED) is 0.763. The van der Waals surface area contributed by atoms with Gasteiger partial charge in [-0.1, -0.05) is 28.1 Å². The predicted molar refractivity (Wildman–Crippen MR) is 88.6 cm³/mol. The molecule has 0 bridgehead atoms. The van der Waals surface area contributed by atoms with Gasteiger partial charge in [-0.2, -0.15) is 0 Å². The lowest BCUT2D eigenvalue weighted by Gasteiger charge is -2.05. The van der Waals surface area contributed by atoms with Crippen molar-refractivity contribution in [1.29, 1.82) is 0 Å².